The molecule has 0 spiro atoms. The van der Waals surface area contributed by atoms with E-state index in [0.29, 0.717) is 6.54 Å². The van der Waals surface area contributed by atoms with Gasteiger partial charge in [-0.1, -0.05) is 0 Å². The fourth-order valence-corrected chi connectivity index (χ4v) is 0.597. The Labute approximate surface area is 53.6 Å². The highest BCUT2D eigenvalue weighted by atomic mass is 35.5. The van der Waals surface area contributed by atoms with E-state index in [9.17, 15) is 4.91 Å². The van der Waals surface area contributed by atoms with E-state index in [0.717, 1.165) is 0 Å². The Kier molecular flexibility index (Phi) is 3.52. The van der Waals surface area contributed by atoms with Gasteiger partial charge in [-0.2, -0.15) is 0 Å². The molecule has 0 saturated heterocycles. The van der Waals surface area contributed by atoms with Gasteiger partial charge >= 0.3 is 0 Å². The van der Waals surface area contributed by atoms with Crippen LogP contribution in [0.4, 0.5) is 0 Å². The number of nitroso groups, excluding NO2 is 1. The lowest BCUT2D eigenvalue weighted by Gasteiger charge is -2.08. The summed E-state index contributed by atoms with van der Waals surface area (Å²) in [6.07, 6.45) is 0. The second kappa shape index (κ2) is 3.66. The molecule has 0 aliphatic carbocycles. The van der Waals surface area contributed by atoms with Gasteiger partial charge in [-0.05, 0) is 6.92 Å². The van der Waals surface area contributed by atoms with Gasteiger partial charge in [0.05, 0.1) is 17.2 Å². The van der Waals surface area contributed by atoms with Crippen LogP contribution in [-0.4, -0.2) is 24.0 Å². The molecule has 0 radical (unpaired) electrons. The Morgan fingerprint density at radius 2 is 2.38 bits per heavy atom. The quantitative estimate of drug-likeness (QED) is 0.332. The molecule has 0 aromatic heterocycles. The molecule has 1 unspecified atom stereocenters. The summed E-state index contributed by atoms with van der Waals surface area (Å²) in [6.45, 7) is 2.31. The maximum atomic E-state index is 9.66. The van der Waals surface area contributed by atoms with E-state index < -0.39 is 0 Å². The second-order valence-electron chi connectivity index (χ2n) is 1.70. The molecule has 0 aliphatic rings. The Morgan fingerprint density at radius 3 is 2.50 bits per heavy atom. The lowest BCUT2D eigenvalue weighted by atomic mass is 10.5. The van der Waals surface area contributed by atoms with Crippen molar-refractivity contribution in [1.29, 1.82) is 0 Å². The average Bonchev–Trinajstić information content (AvgIpc) is 1.65. The van der Waals surface area contributed by atoms with Gasteiger partial charge in [0.15, 0.2) is 0 Å². The third-order valence-electron chi connectivity index (χ3n) is 0.655. The van der Waals surface area contributed by atoms with Crippen LogP contribution in [0.15, 0.2) is 5.29 Å². The molecule has 48 valence electrons. The normalized spacial score (nSPS) is 12.9. The summed E-state index contributed by atoms with van der Waals surface area (Å²) in [5, 5.41) is 3.87. The van der Waals surface area contributed by atoms with Gasteiger partial charge in [-0.25, -0.2) is 0 Å². The molecular weight excluding hydrogens is 128 g/mol. The zero-order valence-electron chi connectivity index (χ0n) is 4.97. The molecule has 3 nitrogen and oxygen atoms in total. The van der Waals surface area contributed by atoms with Gasteiger partial charge in [0, 0.05) is 7.05 Å². The van der Waals surface area contributed by atoms with Crippen LogP contribution in [0.3, 0.4) is 0 Å². The topological polar surface area (TPSA) is 32.7 Å². The number of hydrogen-bond donors (Lipinski definition) is 0. The van der Waals surface area contributed by atoms with E-state index in [-0.39, 0.29) is 5.38 Å². The monoisotopic (exact) mass is 136 g/mol. The fraction of sp³-hybridized carbons (Fsp3) is 1.00. The lowest BCUT2D eigenvalue weighted by Crippen LogP contribution is -2.18. The molecular formula is C4H9ClN2O. The van der Waals surface area contributed by atoms with Crippen molar-refractivity contribution < 1.29 is 0 Å². The number of alkyl halides is 1. The molecule has 0 bridgehead atoms. The standard InChI is InChI=1S/C4H9ClN2O/c1-4(5)3-7(2)6-8/h4H,3H2,1-2H3. The van der Waals surface area contributed by atoms with Gasteiger partial charge in [0.25, 0.3) is 0 Å². The largest absolute Gasteiger partial charge is 0.262 e. The van der Waals surface area contributed by atoms with E-state index in [2.05, 4.69) is 5.29 Å². The van der Waals surface area contributed by atoms with Crippen LogP contribution in [0, 0.1) is 4.91 Å². The smallest absolute Gasteiger partial charge is 0.0550 e. The van der Waals surface area contributed by atoms with E-state index in [1.54, 1.807) is 7.05 Å². The average molecular weight is 137 g/mol. The molecule has 0 aromatic rings. The molecule has 0 aromatic carbocycles. The minimum atomic E-state index is -0.0160. The van der Waals surface area contributed by atoms with Crippen molar-refractivity contribution >= 4 is 11.6 Å². The molecule has 0 fully saturated rings. The molecule has 0 aliphatic heterocycles. The van der Waals surface area contributed by atoms with E-state index in [1.165, 1.54) is 5.01 Å². The Hall–Kier alpha value is -0.310. The summed E-state index contributed by atoms with van der Waals surface area (Å²) >= 11 is 5.51. The summed E-state index contributed by atoms with van der Waals surface area (Å²) in [4.78, 5) is 9.66. The van der Waals surface area contributed by atoms with Crippen molar-refractivity contribution in [3.63, 3.8) is 0 Å². The molecule has 4 heteroatoms. The second-order valence-corrected chi connectivity index (χ2v) is 2.45. The molecule has 1 atom stereocenters. The predicted octanol–water partition coefficient (Wildman–Crippen LogP) is 1.23. The van der Waals surface area contributed by atoms with Crippen LogP contribution >= 0.6 is 11.6 Å². The van der Waals surface area contributed by atoms with Crippen molar-refractivity contribution in [2.24, 2.45) is 5.29 Å². The molecule has 8 heavy (non-hydrogen) atoms. The van der Waals surface area contributed by atoms with Crippen LogP contribution < -0.4 is 0 Å². The SMILES string of the molecule is CC(Cl)CN(C)N=O. The maximum absolute atomic E-state index is 9.66. The first-order chi connectivity index (χ1) is 3.66. The number of halogens is 1. The predicted molar refractivity (Wildman–Crippen MR) is 33.7 cm³/mol. The Morgan fingerprint density at radius 1 is 1.88 bits per heavy atom. The third-order valence-corrected chi connectivity index (χ3v) is 0.793. The Bertz CT molecular complexity index is 76.4. The summed E-state index contributed by atoms with van der Waals surface area (Å²) in [5.74, 6) is 0. The Balaban J connectivity index is 3.23. The van der Waals surface area contributed by atoms with Crippen LogP contribution in [-0.2, 0) is 0 Å². The highest BCUT2D eigenvalue weighted by molar-refractivity contribution is 6.20. The molecule has 0 amide bonds. The van der Waals surface area contributed by atoms with Gasteiger partial charge in [0.2, 0.25) is 0 Å². The van der Waals surface area contributed by atoms with Crippen molar-refractivity contribution in [2.45, 2.75) is 12.3 Å². The van der Waals surface area contributed by atoms with Crippen molar-refractivity contribution in [1.82, 2.24) is 5.01 Å². The minimum absolute atomic E-state index is 0.0160. The summed E-state index contributed by atoms with van der Waals surface area (Å²) in [5.41, 5.74) is 0. The van der Waals surface area contributed by atoms with E-state index in [4.69, 9.17) is 11.6 Å². The van der Waals surface area contributed by atoms with Crippen LogP contribution in [0.25, 0.3) is 0 Å². The van der Waals surface area contributed by atoms with Crippen molar-refractivity contribution in [3.05, 3.63) is 4.91 Å². The van der Waals surface area contributed by atoms with Gasteiger partial charge in [0.1, 0.15) is 0 Å². The van der Waals surface area contributed by atoms with Gasteiger partial charge in [-0.15, -0.1) is 16.5 Å². The maximum Gasteiger partial charge on any atom is 0.0550 e. The van der Waals surface area contributed by atoms with E-state index in [1.807, 2.05) is 6.92 Å². The number of rotatable bonds is 3. The van der Waals surface area contributed by atoms with Gasteiger partial charge in [-0.3, -0.25) is 5.01 Å². The molecule has 0 N–H and O–H groups in total. The first-order valence-corrected chi connectivity index (χ1v) is 2.79. The first-order valence-electron chi connectivity index (χ1n) is 2.35. The first kappa shape index (κ1) is 7.69. The summed E-state index contributed by atoms with van der Waals surface area (Å²) in [6, 6.07) is 0. The minimum Gasteiger partial charge on any atom is -0.262 e. The fourth-order valence-electron chi connectivity index (χ4n) is 0.397. The highest BCUT2D eigenvalue weighted by Gasteiger charge is 1.98. The molecule has 0 saturated carbocycles. The number of hydrogen-bond acceptors (Lipinski definition) is 2. The molecule has 0 heterocycles. The van der Waals surface area contributed by atoms with E-state index >= 15 is 0 Å². The van der Waals surface area contributed by atoms with Crippen LogP contribution in [0.5, 0.6) is 0 Å². The lowest BCUT2D eigenvalue weighted by molar-refractivity contribution is 0.352. The van der Waals surface area contributed by atoms with Crippen molar-refractivity contribution in [2.75, 3.05) is 13.6 Å². The number of nitrogens with zero attached hydrogens (tertiary/aromatic N) is 2. The summed E-state index contributed by atoms with van der Waals surface area (Å²) < 4.78 is 0. The zero-order valence-corrected chi connectivity index (χ0v) is 5.72. The van der Waals surface area contributed by atoms with Crippen LogP contribution in [0.1, 0.15) is 6.92 Å². The highest BCUT2D eigenvalue weighted by Crippen LogP contribution is 1.95. The van der Waals surface area contributed by atoms with Crippen molar-refractivity contribution in [3.8, 4) is 0 Å². The van der Waals surface area contributed by atoms with Crippen LogP contribution in [0.2, 0.25) is 0 Å². The third kappa shape index (κ3) is 3.87. The molecule has 0 rings (SSSR count). The zero-order chi connectivity index (χ0) is 6.57. The van der Waals surface area contributed by atoms with Gasteiger partial charge < -0.3 is 0 Å². The summed E-state index contributed by atoms with van der Waals surface area (Å²) in [7, 11) is 1.59.